The Morgan fingerprint density at radius 1 is 1.16 bits per heavy atom. The topological polar surface area (TPSA) is 69.6 Å². The third-order valence-electron chi connectivity index (χ3n) is 3.52. The number of aliphatic carboxylic acids is 1. The van der Waals surface area contributed by atoms with E-state index in [1.165, 1.54) is 0 Å². The lowest BCUT2D eigenvalue weighted by molar-refractivity contribution is -0.136. The van der Waals surface area contributed by atoms with Crippen molar-refractivity contribution in [1.82, 2.24) is 14.9 Å². The standard InChI is InChI=1S/C13H20N4O2/c1-9-11(8-12(18)19)10(2)15-13(14-9)17-6-4-16(3)5-7-17/h4-8H2,1-3H3,(H,18,19). The Morgan fingerprint density at radius 2 is 1.68 bits per heavy atom. The third kappa shape index (κ3) is 3.20. The van der Waals surface area contributed by atoms with Gasteiger partial charge in [0.1, 0.15) is 0 Å². The van der Waals surface area contributed by atoms with Gasteiger partial charge in [-0.25, -0.2) is 9.97 Å². The molecule has 1 fully saturated rings. The number of hydrogen-bond donors (Lipinski definition) is 1. The zero-order valence-electron chi connectivity index (χ0n) is 11.7. The van der Waals surface area contributed by atoms with Crippen LogP contribution in [0, 0.1) is 13.8 Å². The second kappa shape index (κ2) is 5.52. The van der Waals surface area contributed by atoms with Crippen molar-refractivity contribution in [2.24, 2.45) is 0 Å². The Morgan fingerprint density at radius 3 is 2.16 bits per heavy atom. The number of carboxylic acids is 1. The lowest BCUT2D eigenvalue weighted by Gasteiger charge is -2.32. The Kier molecular flexibility index (Phi) is 3.99. The number of piperazine rings is 1. The van der Waals surface area contributed by atoms with Crippen LogP contribution in [0.4, 0.5) is 5.95 Å². The van der Waals surface area contributed by atoms with Crippen LogP contribution in [0.3, 0.4) is 0 Å². The molecule has 0 atom stereocenters. The van der Waals surface area contributed by atoms with Gasteiger partial charge in [-0.3, -0.25) is 4.79 Å². The minimum absolute atomic E-state index is 0.0132. The first-order chi connectivity index (χ1) is 8.97. The molecule has 6 nitrogen and oxygen atoms in total. The first-order valence-corrected chi connectivity index (χ1v) is 6.46. The molecule has 1 N–H and O–H groups in total. The van der Waals surface area contributed by atoms with Gasteiger partial charge in [-0.1, -0.05) is 0 Å². The van der Waals surface area contributed by atoms with Gasteiger partial charge in [-0.2, -0.15) is 0 Å². The van der Waals surface area contributed by atoms with Crippen LogP contribution < -0.4 is 4.90 Å². The van der Waals surface area contributed by atoms with Crippen molar-refractivity contribution in [3.63, 3.8) is 0 Å². The summed E-state index contributed by atoms with van der Waals surface area (Å²) in [6, 6.07) is 0. The molecule has 6 heteroatoms. The fourth-order valence-electron chi connectivity index (χ4n) is 2.28. The average Bonchev–Trinajstić information content (AvgIpc) is 2.34. The largest absolute Gasteiger partial charge is 0.481 e. The van der Waals surface area contributed by atoms with Crippen molar-refractivity contribution in [2.75, 3.05) is 38.1 Å². The zero-order valence-corrected chi connectivity index (χ0v) is 11.7. The van der Waals surface area contributed by atoms with E-state index >= 15 is 0 Å². The van der Waals surface area contributed by atoms with Crippen molar-refractivity contribution in [2.45, 2.75) is 20.3 Å². The van der Waals surface area contributed by atoms with Crippen LogP contribution in [-0.2, 0) is 11.2 Å². The van der Waals surface area contributed by atoms with Gasteiger partial charge in [-0.15, -0.1) is 0 Å². The number of hydrogen-bond acceptors (Lipinski definition) is 5. The van der Waals surface area contributed by atoms with Crippen LogP contribution >= 0.6 is 0 Å². The van der Waals surface area contributed by atoms with Gasteiger partial charge in [0, 0.05) is 43.1 Å². The summed E-state index contributed by atoms with van der Waals surface area (Å²) < 4.78 is 0. The van der Waals surface area contributed by atoms with E-state index in [4.69, 9.17) is 5.11 Å². The number of carbonyl (C=O) groups is 1. The number of carboxylic acid groups (broad SMARTS) is 1. The summed E-state index contributed by atoms with van der Waals surface area (Å²) in [7, 11) is 2.10. The van der Waals surface area contributed by atoms with Crippen molar-refractivity contribution in [3.8, 4) is 0 Å². The highest BCUT2D eigenvalue weighted by atomic mass is 16.4. The zero-order chi connectivity index (χ0) is 14.0. The molecule has 1 aromatic rings. The fraction of sp³-hybridized carbons (Fsp3) is 0.615. The summed E-state index contributed by atoms with van der Waals surface area (Å²) in [6.07, 6.45) is -0.0132. The molecule has 0 radical (unpaired) electrons. The van der Waals surface area contributed by atoms with Crippen molar-refractivity contribution in [1.29, 1.82) is 0 Å². The molecule has 0 spiro atoms. The predicted octanol–water partition coefficient (Wildman–Crippen LogP) is 0.472. The number of anilines is 1. The molecular formula is C13H20N4O2. The molecule has 19 heavy (non-hydrogen) atoms. The van der Waals surface area contributed by atoms with Crippen molar-refractivity contribution >= 4 is 11.9 Å². The van der Waals surface area contributed by atoms with Gasteiger partial charge in [0.2, 0.25) is 5.95 Å². The summed E-state index contributed by atoms with van der Waals surface area (Å²) >= 11 is 0. The molecule has 0 bridgehead atoms. The molecule has 0 amide bonds. The van der Waals surface area contributed by atoms with E-state index in [1.54, 1.807) is 0 Å². The molecule has 104 valence electrons. The van der Waals surface area contributed by atoms with Gasteiger partial charge in [0.25, 0.3) is 0 Å². The fourth-order valence-corrected chi connectivity index (χ4v) is 2.28. The Bertz CT molecular complexity index is 459. The van der Waals surface area contributed by atoms with Crippen LogP contribution in [0.5, 0.6) is 0 Å². The summed E-state index contributed by atoms with van der Waals surface area (Å²) in [5, 5.41) is 8.89. The molecule has 2 heterocycles. The molecular weight excluding hydrogens is 244 g/mol. The molecule has 1 saturated heterocycles. The monoisotopic (exact) mass is 264 g/mol. The lowest BCUT2D eigenvalue weighted by Crippen LogP contribution is -2.45. The van der Waals surface area contributed by atoms with Gasteiger partial charge < -0.3 is 14.9 Å². The highest BCUT2D eigenvalue weighted by Gasteiger charge is 2.19. The van der Waals surface area contributed by atoms with E-state index < -0.39 is 5.97 Å². The van der Waals surface area contributed by atoms with Crippen LogP contribution in [-0.4, -0.2) is 59.2 Å². The SMILES string of the molecule is Cc1nc(N2CCN(C)CC2)nc(C)c1CC(=O)O. The minimum atomic E-state index is -0.845. The first kappa shape index (κ1) is 13.7. The second-order valence-electron chi connectivity index (χ2n) is 5.03. The molecule has 1 aliphatic heterocycles. The van der Waals surface area contributed by atoms with E-state index in [1.807, 2.05) is 13.8 Å². The Labute approximate surface area is 113 Å². The number of aryl methyl sites for hydroxylation is 2. The second-order valence-corrected chi connectivity index (χ2v) is 5.03. The molecule has 2 rings (SSSR count). The summed E-state index contributed by atoms with van der Waals surface area (Å²) in [4.78, 5) is 24.2. The van der Waals surface area contributed by atoms with Gasteiger partial charge in [0.15, 0.2) is 0 Å². The lowest BCUT2D eigenvalue weighted by atomic mass is 10.1. The third-order valence-corrected chi connectivity index (χ3v) is 3.52. The van der Waals surface area contributed by atoms with E-state index in [2.05, 4.69) is 26.8 Å². The Hall–Kier alpha value is -1.69. The van der Waals surface area contributed by atoms with Crippen LogP contribution in [0.25, 0.3) is 0 Å². The summed E-state index contributed by atoms with van der Waals surface area (Å²) in [6.45, 7) is 7.52. The highest BCUT2D eigenvalue weighted by molar-refractivity contribution is 5.71. The number of nitrogens with zero attached hydrogens (tertiary/aromatic N) is 4. The maximum absolute atomic E-state index is 10.8. The van der Waals surface area contributed by atoms with Crippen molar-refractivity contribution in [3.05, 3.63) is 17.0 Å². The molecule has 0 unspecified atom stereocenters. The average molecular weight is 264 g/mol. The molecule has 1 aromatic heterocycles. The normalized spacial score (nSPS) is 16.7. The number of aromatic nitrogens is 2. The van der Waals surface area contributed by atoms with Gasteiger partial charge >= 0.3 is 5.97 Å². The van der Waals surface area contributed by atoms with Crippen LogP contribution in [0.2, 0.25) is 0 Å². The van der Waals surface area contributed by atoms with Crippen molar-refractivity contribution < 1.29 is 9.90 Å². The van der Waals surface area contributed by atoms with Crippen LogP contribution in [0.1, 0.15) is 17.0 Å². The van der Waals surface area contributed by atoms with Gasteiger partial charge in [0.05, 0.1) is 6.42 Å². The summed E-state index contributed by atoms with van der Waals surface area (Å²) in [5.41, 5.74) is 2.26. The predicted molar refractivity (Wildman–Crippen MR) is 72.6 cm³/mol. The maximum atomic E-state index is 10.8. The van der Waals surface area contributed by atoms with E-state index in [0.29, 0.717) is 0 Å². The first-order valence-electron chi connectivity index (χ1n) is 6.46. The van der Waals surface area contributed by atoms with E-state index in [0.717, 1.165) is 49.1 Å². The van der Waals surface area contributed by atoms with E-state index in [-0.39, 0.29) is 6.42 Å². The van der Waals surface area contributed by atoms with Crippen LogP contribution in [0.15, 0.2) is 0 Å². The number of likely N-dealkylation sites (N-methyl/N-ethyl adjacent to an activating group) is 1. The quantitative estimate of drug-likeness (QED) is 0.856. The maximum Gasteiger partial charge on any atom is 0.307 e. The summed E-state index contributed by atoms with van der Waals surface area (Å²) in [5.74, 6) is -0.126. The molecule has 1 aliphatic rings. The smallest absolute Gasteiger partial charge is 0.307 e. The Balaban J connectivity index is 2.22. The highest BCUT2D eigenvalue weighted by Crippen LogP contribution is 2.17. The molecule has 0 aromatic carbocycles. The molecule has 0 aliphatic carbocycles. The number of rotatable bonds is 3. The van der Waals surface area contributed by atoms with E-state index in [9.17, 15) is 4.79 Å². The molecule has 0 saturated carbocycles. The minimum Gasteiger partial charge on any atom is -0.481 e. The van der Waals surface area contributed by atoms with Gasteiger partial charge in [-0.05, 0) is 20.9 Å².